The number of carbonyl (C=O) groups excluding carboxylic acids is 1. The highest BCUT2D eigenvalue weighted by atomic mass is 19.1. The third-order valence-corrected chi connectivity index (χ3v) is 2.64. The lowest BCUT2D eigenvalue weighted by Gasteiger charge is -2.22. The van der Waals surface area contributed by atoms with E-state index in [0.29, 0.717) is 12.1 Å². The van der Waals surface area contributed by atoms with E-state index in [4.69, 9.17) is 4.84 Å². The first-order valence-corrected chi connectivity index (χ1v) is 6.16. The third-order valence-electron chi connectivity index (χ3n) is 2.64. The molecular weight excluding hydrogens is 247 g/mol. The summed E-state index contributed by atoms with van der Waals surface area (Å²) < 4.78 is 12.8. The molecule has 102 valence electrons. The number of halogens is 1. The predicted octanol–water partition coefficient (Wildman–Crippen LogP) is 2.23. The first-order chi connectivity index (χ1) is 8.85. The van der Waals surface area contributed by atoms with Crippen LogP contribution in [0.1, 0.15) is 32.8 Å². The van der Waals surface area contributed by atoms with Gasteiger partial charge in [0.25, 0.3) is 5.91 Å². The topological polar surface area (TPSA) is 50.7 Å². The van der Waals surface area contributed by atoms with Crippen LogP contribution in [0.3, 0.4) is 0 Å². The van der Waals surface area contributed by atoms with Gasteiger partial charge in [0.15, 0.2) is 0 Å². The molecule has 0 radical (unpaired) electrons. The lowest BCUT2D eigenvalue weighted by atomic mass is 10.0. The van der Waals surface area contributed by atoms with E-state index in [-0.39, 0.29) is 17.3 Å². The van der Waals surface area contributed by atoms with Crippen molar-refractivity contribution in [1.29, 1.82) is 0 Å². The Balaban J connectivity index is 1.99. The minimum Gasteiger partial charge on any atom is -0.382 e. The first-order valence-electron chi connectivity index (χ1n) is 6.16. The second kappa shape index (κ2) is 4.99. The lowest BCUT2D eigenvalue weighted by Crippen LogP contribution is -2.45. The summed E-state index contributed by atoms with van der Waals surface area (Å²) in [6, 6.07) is 5.98. The summed E-state index contributed by atoms with van der Waals surface area (Å²) in [5, 5.41) is 6.75. The summed E-state index contributed by atoms with van der Waals surface area (Å²) in [6.07, 6.45) is -0.215. The second-order valence-electron chi connectivity index (χ2n) is 5.58. The van der Waals surface area contributed by atoms with Gasteiger partial charge in [-0.1, -0.05) is 17.3 Å². The Bertz CT molecular complexity index is 503. The number of hydrogen-bond donors (Lipinski definition) is 1. The van der Waals surface area contributed by atoms with Crippen LogP contribution in [-0.2, 0) is 9.63 Å². The van der Waals surface area contributed by atoms with Crippen molar-refractivity contribution in [2.75, 3.05) is 0 Å². The lowest BCUT2D eigenvalue weighted by molar-refractivity contribution is -0.132. The van der Waals surface area contributed by atoms with E-state index in [2.05, 4.69) is 10.5 Å². The molecule has 1 aromatic rings. The van der Waals surface area contributed by atoms with Crippen LogP contribution in [0.25, 0.3) is 0 Å². The monoisotopic (exact) mass is 264 g/mol. The highest BCUT2D eigenvalue weighted by Crippen LogP contribution is 2.18. The Morgan fingerprint density at radius 1 is 1.37 bits per heavy atom. The normalized spacial score (nSPS) is 18.7. The molecule has 1 heterocycles. The summed E-state index contributed by atoms with van der Waals surface area (Å²) in [6.45, 7) is 5.71. The molecule has 2 rings (SSSR count). The largest absolute Gasteiger partial charge is 0.382 e. The Labute approximate surface area is 111 Å². The van der Waals surface area contributed by atoms with E-state index in [1.54, 1.807) is 12.1 Å². The van der Waals surface area contributed by atoms with Crippen molar-refractivity contribution >= 4 is 11.6 Å². The SMILES string of the molecule is CC(C)(C)NC(=O)[C@@H]1CC(c2ccc(F)cc2)=NO1. The predicted molar refractivity (Wildman–Crippen MR) is 70.3 cm³/mol. The molecule has 1 aromatic carbocycles. The number of nitrogens with one attached hydrogen (secondary N) is 1. The fourth-order valence-corrected chi connectivity index (χ4v) is 1.78. The molecule has 0 fully saturated rings. The molecule has 5 heteroatoms. The zero-order valence-corrected chi connectivity index (χ0v) is 11.2. The van der Waals surface area contributed by atoms with Crippen molar-refractivity contribution in [3.63, 3.8) is 0 Å². The van der Waals surface area contributed by atoms with E-state index in [9.17, 15) is 9.18 Å². The molecule has 0 aliphatic carbocycles. The molecule has 0 bridgehead atoms. The highest BCUT2D eigenvalue weighted by Gasteiger charge is 2.30. The van der Waals surface area contributed by atoms with Crippen LogP contribution < -0.4 is 5.32 Å². The summed E-state index contributed by atoms with van der Waals surface area (Å²) >= 11 is 0. The molecule has 19 heavy (non-hydrogen) atoms. The number of amides is 1. The van der Waals surface area contributed by atoms with Crippen LogP contribution in [-0.4, -0.2) is 23.3 Å². The molecule has 0 unspecified atom stereocenters. The maximum atomic E-state index is 12.8. The average molecular weight is 264 g/mol. The number of rotatable bonds is 2. The Kier molecular flexibility index (Phi) is 3.55. The number of oxime groups is 1. The van der Waals surface area contributed by atoms with Gasteiger partial charge in [0, 0.05) is 12.0 Å². The maximum Gasteiger partial charge on any atom is 0.264 e. The van der Waals surface area contributed by atoms with Gasteiger partial charge in [-0.2, -0.15) is 0 Å². The van der Waals surface area contributed by atoms with Crippen LogP contribution in [0.15, 0.2) is 29.4 Å². The molecule has 1 aliphatic rings. The van der Waals surface area contributed by atoms with Gasteiger partial charge in [0.05, 0.1) is 5.71 Å². The fourth-order valence-electron chi connectivity index (χ4n) is 1.78. The molecule has 0 aromatic heterocycles. The van der Waals surface area contributed by atoms with Crippen molar-refractivity contribution < 1.29 is 14.0 Å². The van der Waals surface area contributed by atoms with Crippen molar-refractivity contribution in [3.05, 3.63) is 35.6 Å². The Morgan fingerprint density at radius 2 is 2.00 bits per heavy atom. The van der Waals surface area contributed by atoms with Crippen LogP contribution in [0, 0.1) is 5.82 Å². The average Bonchev–Trinajstić information content (AvgIpc) is 2.77. The van der Waals surface area contributed by atoms with Crippen molar-refractivity contribution in [2.45, 2.75) is 38.8 Å². The van der Waals surface area contributed by atoms with E-state index < -0.39 is 6.10 Å². The van der Waals surface area contributed by atoms with Gasteiger partial charge in [0.2, 0.25) is 6.10 Å². The molecule has 1 atom stereocenters. The molecule has 0 spiro atoms. The summed E-state index contributed by atoms with van der Waals surface area (Å²) in [7, 11) is 0. The molecule has 1 amide bonds. The van der Waals surface area contributed by atoms with Crippen molar-refractivity contribution in [2.24, 2.45) is 5.16 Å². The Hall–Kier alpha value is -1.91. The van der Waals surface area contributed by atoms with E-state index in [1.807, 2.05) is 20.8 Å². The zero-order chi connectivity index (χ0) is 14.0. The van der Waals surface area contributed by atoms with Crippen LogP contribution in [0.5, 0.6) is 0 Å². The standard InChI is InChI=1S/C14H17FN2O2/c1-14(2,3)16-13(18)12-8-11(17-19-12)9-4-6-10(15)7-5-9/h4-7,12H,8H2,1-3H3,(H,16,18)/t12-/m0/s1. The minimum absolute atomic E-state index is 0.187. The van der Waals surface area contributed by atoms with Gasteiger partial charge >= 0.3 is 0 Å². The van der Waals surface area contributed by atoms with E-state index >= 15 is 0 Å². The molecule has 4 nitrogen and oxygen atoms in total. The fraction of sp³-hybridized carbons (Fsp3) is 0.429. The third kappa shape index (κ3) is 3.53. The molecule has 1 N–H and O–H groups in total. The molecule has 0 saturated heterocycles. The minimum atomic E-state index is -0.612. The molecule has 1 aliphatic heterocycles. The smallest absolute Gasteiger partial charge is 0.264 e. The van der Waals surface area contributed by atoms with Crippen LogP contribution in [0.4, 0.5) is 4.39 Å². The second-order valence-corrected chi connectivity index (χ2v) is 5.58. The van der Waals surface area contributed by atoms with Crippen molar-refractivity contribution in [3.8, 4) is 0 Å². The molecule has 0 saturated carbocycles. The summed E-state index contributed by atoms with van der Waals surface area (Å²) in [4.78, 5) is 17.1. The van der Waals surface area contributed by atoms with Gasteiger partial charge in [-0.3, -0.25) is 4.79 Å². The van der Waals surface area contributed by atoms with E-state index in [0.717, 1.165) is 5.56 Å². The number of benzene rings is 1. The van der Waals surface area contributed by atoms with Crippen molar-refractivity contribution in [1.82, 2.24) is 5.32 Å². The number of hydrogen-bond acceptors (Lipinski definition) is 3. The van der Waals surface area contributed by atoms with Gasteiger partial charge in [-0.15, -0.1) is 0 Å². The Morgan fingerprint density at radius 3 is 2.58 bits per heavy atom. The van der Waals surface area contributed by atoms with Gasteiger partial charge in [-0.05, 0) is 38.5 Å². The first kappa shape index (κ1) is 13.5. The van der Waals surface area contributed by atoms with Gasteiger partial charge < -0.3 is 10.2 Å². The van der Waals surface area contributed by atoms with Gasteiger partial charge in [0.1, 0.15) is 5.82 Å². The number of carbonyl (C=O) groups is 1. The zero-order valence-electron chi connectivity index (χ0n) is 11.2. The van der Waals surface area contributed by atoms with Crippen LogP contribution >= 0.6 is 0 Å². The number of nitrogens with zero attached hydrogens (tertiary/aromatic N) is 1. The van der Waals surface area contributed by atoms with E-state index in [1.165, 1.54) is 12.1 Å². The summed E-state index contributed by atoms with van der Waals surface area (Å²) in [5.41, 5.74) is 1.13. The van der Waals surface area contributed by atoms with Gasteiger partial charge in [-0.25, -0.2) is 4.39 Å². The van der Waals surface area contributed by atoms with Crippen LogP contribution in [0.2, 0.25) is 0 Å². The quantitative estimate of drug-likeness (QED) is 0.890. The highest BCUT2D eigenvalue weighted by molar-refractivity contribution is 6.04. The summed E-state index contributed by atoms with van der Waals surface area (Å²) in [5.74, 6) is -0.487. The molecular formula is C14H17FN2O2. The maximum absolute atomic E-state index is 12.8.